The minimum atomic E-state index is 0.205. The Morgan fingerprint density at radius 2 is 2.00 bits per heavy atom. The van der Waals surface area contributed by atoms with Gasteiger partial charge in [0.25, 0.3) is 0 Å². The van der Waals surface area contributed by atoms with Crippen molar-refractivity contribution in [3.63, 3.8) is 0 Å². The molecule has 0 fully saturated rings. The third kappa shape index (κ3) is 8.48. The number of rotatable bonds is 10. The number of ether oxygens (including phenoxy) is 2. The van der Waals surface area contributed by atoms with Crippen molar-refractivity contribution in [3.8, 4) is 0 Å². The van der Waals surface area contributed by atoms with Gasteiger partial charge in [0.2, 0.25) is 0 Å². The molecule has 1 unspecified atom stereocenters. The third-order valence-electron chi connectivity index (χ3n) is 2.08. The van der Waals surface area contributed by atoms with Crippen LogP contribution in [0.5, 0.6) is 0 Å². The van der Waals surface area contributed by atoms with E-state index in [1.54, 1.807) is 7.11 Å². The minimum Gasteiger partial charge on any atom is -0.382 e. The molecule has 14 heavy (non-hydrogen) atoms. The van der Waals surface area contributed by atoms with Crippen molar-refractivity contribution in [1.29, 1.82) is 0 Å². The molecule has 0 rings (SSSR count). The van der Waals surface area contributed by atoms with E-state index in [4.69, 9.17) is 9.47 Å². The van der Waals surface area contributed by atoms with E-state index in [1.165, 1.54) is 12.8 Å². The molecule has 0 bridgehead atoms. The van der Waals surface area contributed by atoms with Gasteiger partial charge < -0.3 is 14.8 Å². The first kappa shape index (κ1) is 13.9. The predicted octanol–water partition coefficient (Wildman–Crippen LogP) is 1.82. The van der Waals surface area contributed by atoms with E-state index in [9.17, 15) is 0 Å². The SMILES string of the molecule is CCCCCOC(CNCC)COC. The zero-order valence-electron chi connectivity index (χ0n) is 9.84. The Balaban J connectivity index is 3.40. The lowest BCUT2D eigenvalue weighted by Gasteiger charge is -2.17. The van der Waals surface area contributed by atoms with Gasteiger partial charge in [-0.25, -0.2) is 0 Å². The lowest BCUT2D eigenvalue weighted by atomic mass is 10.2. The van der Waals surface area contributed by atoms with Crippen molar-refractivity contribution in [2.45, 2.75) is 39.2 Å². The molecule has 1 atom stereocenters. The molecule has 0 aliphatic carbocycles. The van der Waals surface area contributed by atoms with Crippen LogP contribution in [0.3, 0.4) is 0 Å². The summed E-state index contributed by atoms with van der Waals surface area (Å²) in [5.74, 6) is 0. The number of likely N-dealkylation sites (N-methyl/N-ethyl adjacent to an activating group) is 1. The van der Waals surface area contributed by atoms with Gasteiger partial charge in [-0.05, 0) is 13.0 Å². The summed E-state index contributed by atoms with van der Waals surface area (Å²) in [6.07, 6.45) is 3.85. The summed E-state index contributed by atoms with van der Waals surface area (Å²) >= 11 is 0. The Bertz CT molecular complexity index is 109. The van der Waals surface area contributed by atoms with E-state index in [1.807, 2.05) is 0 Å². The number of nitrogens with one attached hydrogen (secondary N) is 1. The van der Waals surface area contributed by atoms with Crippen molar-refractivity contribution in [2.75, 3.05) is 33.4 Å². The van der Waals surface area contributed by atoms with E-state index in [2.05, 4.69) is 19.2 Å². The molecule has 1 N–H and O–H groups in total. The van der Waals surface area contributed by atoms with E-state index < -0.39 is 0 Å². The van der Waals surface area contributed by atoms with E-state index in [0.717, 1.165) is 26.1 Å². The van der Waals surface area contributed by atoms with Crippen molar-refractivity contribution < 1.29 is 9.47 Å². The molecule has 0 spiro atoms. The van der Waals surface area contributed by atoms with Crippen LogP contribution in [0.25, 0.3) is 0 Å². The average molecular weight is 203 g/mol. The van der Waals surface area contributed by atoms with Gasteiger partial charge in [-0.1, -0.05) is 26.7 Å². The normalized spacial score (nSPS) is 13.1. The molecule has 0 saturated carbocycles. The topological polar surface area (TPSA) is 30.5 Å². The lowest BCUT2D eigenvalue weighted by Crippen LogP contribution is -2.32. The standard InChI is InChI=1S/C11H25NO2/c1-4-6-7-8-14-11(10-13-3)9-12-5-2/h11-12H,4-10H2,1-3H3. The number of unbranched alkanes of at least 4 members (excludes halogenated alkanes) is 2. The van der Waals surface area contributed by atoms with Crippen LogP contribution >= 0.6 is 0 Å². The maximum atomic E-state index is 5.70. The number of methoxy groups -OCH3 is 1. The summed E-state index contributed by atoms with van der Waals surface area (Å²) < 4.78 is 10.8. The molecular formula is C11H25NO2. The summed E-state index contributed by atoms with van der Waals surface area (Å²) in [4.78, 5) is 0. The second-order valence-corrected chi connectivity index (χ2v) is 3.46. The van der Waals surface area contributed by atoms with Crippen molar-refractivity contribution in [1.82, 2.24) is 5.32 Å². The Morgan fingerprint density at radius 3 is 2.57 bits per heavy atom. The zero-order valence-corrected chi connectivity index (χ0v) is 9.84. The minimum absolute atomic E-state index is 0.205. The van der Waals surface area contributed by atoms with Crippen molar-refractivity contribution in [2.24, 2.45) is 0 Å². The first-order valence-corrected chi connectivity index (χ1v) is 5.66. The molecule has 0 aromatic heterocycles. The molecule has 0 amide bonds. The molecular weight excluding hydrogens is 178 g/mol. The van der Waals surface area contributed by atoms with E-state index in [0.29, 0.717) is 6.61 Å². The summed E-state index contributed by atoms with van der Waals surface area (Å²) in [5.41, 5.74) is 0. The molecule has 0 aromatic rings. The fraction of sp³-hybridized carbons (Fsp3) is 1.00. The Morgan fingerprint density at radius 1 is 1.21 bits per heavy atom. The van der Waals surface area contributed by atoms with Gasteiger partial charge >= 0.3 is 0 Å². The van der Waals surface area contributed by atoms with Gasteiger partial charge in [-0.2, -0.15) is 0 Å². The highest BCUT2D eigenvalue weighted by Crippen LogP contribution is 1.98. The largest absolute Gasteiger partial charge is 0.382 e. The highest BCUT2D eigenvalue weighted by atomic mass is 16.5. The van der Waals surface area contributed by atoms with Crippen molar-refractivity contribution in [3.05, 3.63) is 0 Å². The van der Waals surface area contributed by atoms with Gasteiger partial charge in [-0.15, -0.1) is 0 Å². The summed E-state index contributed by atoms with van der Waals surface area (Å²) in [6, 6.07) is 0. The van der Waals surface area contributed by atoms with Crippen molar-refractivity contribution >= 4 is 0 Å². The summed E-state index contributed by atoms with van der Waals surface area (Å²) in [7, 11) is 1.72. The molecule has 0 aliphatic heterocycles. The van der Waals surface area contributed by atoms with Crippen LogP contribution in [-0.4, -0.2) is 39.5 Å². The van der Waals surface area contributed by atoms with Crippen LogP contribution in [-0.2, 0) is 9.47 Å². The Hall–Kier alpha value is -0.120. The average Bonchev–Trinajstić information content (AvgIpc) is 2.20. The van der Waals surface area contributed by atoms with Gasteiger partial charge in [0.05, 0.1) is 12.7 Å². The quantitative estimate of drug-likeness (QED) is 0.549. The fourth-order valence-electron chi connectivity index (χ4n) is 1.26. The maximum absolute atomic E-state index is 5.70. The summed E-state index contributed by atoms with van der Waals surface area (Å²) in [5, 5.41) is 3.27. The van der Waals surface area contributed by atoms with Gasteiger partial charge in [0, 0.05) is 20.3 Å². The Kier molecular flexibility index (Phi) is 10.9. The van der Waals surface area contributed by atoms with Crippen LogP contribution in [0, 0.1) is 0 Å². The molecule has 0 aromatic carbocycles. The second-order valence-electron chi connectivity index (χ2n) is 3.46. The van der Waals surface area contributed by atoms with E-state index >= 15 is 0 Å². The monoisotopic (exact) mass is 203 g/mol. The highest BCUT2D eigenvalue weighted by Gasteiger charge is 2.06. The molecule has 0 saturated heterocycles. The van der Waals surface area contributed by atoms with Gasteiger partial charge in [0.15, 0.2) is 0 Å². The molecule has 0 heterocycles. The first-order valence-electron chi connectivity index (χ1n) is 5.66. The van der Waals surface area contributed by atoms with E-state index in [-0.39, 0.29) is 6.10 Å². The molecule has 0 radical (unpaired) electrons. The summed E-state index contributed by atoms with van der Waals surface area (Å²) in [6.45, 7) is 7.70. The van der Waals surface area contributed by atoms with Gasteiger partial charge in [-0.3, -0.25) is 0 Å². The van der Waals surface area contributed by atoms with Crippen LogP contribution in [0.1, 0.15) is 33.1 Å². The van der Waals surface area contributed by atoms with Gasteiger partial charge in [0.1, 0.15) is 0 Å². The van der Waals surface area contributed by atoms with Crippen LogP contribution < -0.4 is 5.32 Å². The second kappa shape index (κ2) is 11.0. The van der Waals surface area contributed by atoms with Crippen LogP contribution in [0.4, 0.5) is 0 Å². The molecule has 3 nitrogen and oxygen atoms in total. The smallest absolute Gasteiger partial charge is 0.0932 e. The fourth-order valence-corrected chi connectivity index (χ4v) is 1.26. The zero-order chi connectivity index (χ0) is 10.6. The van der Waals surface area contributed by atoms with Crippen LogP contribution in [0.15, 0.2) is 0 Å². The molecule has 86 valence electrons. The molecule has 3 heteroatoms. The highest BCUT2D eigenvalue weighted by molar-refractivity contribution is 4.59. The van der Waals surface area contributed by atoms with Crippen LogP contribution in [0.2, 0.25) is 0 Å². The maximum Gasteiger partial charge on any atom is 0.0932 e. The Labute approximate surface area is 88.2 Å². The third-order valence-corrected chi connectivity index (χ3v) is 2.08. The number of hydrogen-bond acceptors (Lipinski definition) is 3. The predicted molar refractivity (Wildman–Crippen MR) is 59.7 cm³/mol. The number of hydrogen-bond donors (Lipinski definition) is 1. The lowest BCUT2D eigenvalue weighted by molar-refractivity contribution is -0.00206. The first-order chi connectivity index (χ1) is 6.85. The molecule has 0 aliphatic rings.